The number of hydrogen-bond acceptors (Lipinski definition) is 6. The van der Waals surface area contributed by atoms with Gasteiger partial charge in [0.15, 0.2) is 0 Å². The second-order valence-electron chi connectivity index (χ2n) is 16.0. The quantitative estimate of drug-likeness (QED) is 0.0432. The molecular weight excluding hydrogens is 733 g/mol. The van der Waals surface area contributed by atoms with Crippen molar-refractivity contribution < 1.29 is 0 Å². The molecule has 0 aliphatic heterocycles. The van der Waals surface area contributed by atoms with Crippen LogP contribution in [0.15, 0.2) is 22.9 Å². The van der Waals surface area contributed by atoms with E-state index in [-0.39, 0.29) is 0 Å². The molecule has 54 heavy (non-hydrogen) atoms. The molecule has 0 unspecified atom stereocenters. The van der Waals surface area contributed by atoms with Gasteiger partial charge in [-0.2, -0.15) is 0 Å². The van der Waals surface area contributed by atoms with E-state index in [1.165, 1.54) is 209 Å². The van der Waals surface area contributed by atoms with Crippen LogP contribution in [0.4, 0.5) is 0 Å². The number of nitrogens with zero attached hydrogens (tertiary/aromatic N) is 2. The van der Waals surface area contributed by atoms with Gasteiger partial charge in [0.1, 0.15) is 10.0 Å². The Morgan fingerprint density at radius 2 is 0.704 bits per heavy atom. The molecule has 5 aromatic rings. The highest BCUT2D eigenvalue weighted by atomic mass is 32.1. The zero-order valence-corrected chi connectivity index (χ0v) is 37.9. The molecule has 0 saturated carbocycles. The first kappa shape index (κ1) is 43.5. The fourth-order valence-electron chi connectivity index (χ4n) is 8.04. The van der Waals surface area contributed by atoms with Gasteiger partial charge in [0.25, 0.3) is 0 Å². The Balaban J connectivity index is 1.44. The van der Waals surface area contributed by atoms with Gasteiger partial charge in [-0.05, 0) is 85.4 Å². The molecule has 0 aliphatic rings. The molecule has 5 rings (SSSR count). The molecule has 298 valence electrons. The second kappa shape index (κ2) is 24.9. The van der Waals surface area contributed by atoms with Crippen LogP contribution < -0.4 is 0 Å². The average Bonchev–Trinajstić information content (AvgIpc) is 4.01. The molecular formula is C48H72N2S4. The molecule has 0 radical (unpaired) electrons. The zero-order valence-electron chi connectivity index (χ0n) is 34.6. The van der Waals surface area contributed by atoms with Crippen LogP contribution >= 0.6 is 45.3 Å². The van der Waals surface area contributed by atoms with Crippen molar-refractivity contribution in [2.45, 2.75) is 207 Å². The monoisotopic (exact) mass is 804 g/mol. The van der Waals surface area contributed by atoms with Gasteiger partial charge >= 0.3 is 0 Å². The standard InChI is InChI=1S/C48H72N2S4/c1-5-9-13-17-21-25-29-37-35-51-47(49-37)43-33-41-39(31-27-23-19-15-11-7-3)46-42(40(45(41)53-43)32-28-24-20-16-12-8-4)34-44(54-46)48-50-38(36-52-48)30-26-22-18-14-10-6-2/h33-36H,5-32H2,1-4H3. The van der Waals surface area contributed by atoms with Gasteiger partial charge in [-0.3, -0.25) is 0 Å². The van der Waals surface area contributed by atoms with Crippen molar-refractivity contribution in [3.8, 4) is 19.8 Å². The highest BCUT2D eigenvalue weighted by Crippen LogP contribution is 2.47. The van der Waals surface area contributed by atoms with Crippen LogP contribution in [-0.2, 0) is 25.7 Å². The van der Waals surface area contributed by atoms with Gasteiger partial charge in [0.2, 0.25) is 0 Å². The van der Waals surface area contributed by atoms with Crippen LogP contribution in [0.5, 0.6) is 0 Å². The van der Waals surface area contributed by atoms with Crippen molar-refractivity contribution in [3.63, 3.8) is 0 Å². The van der Waals surface area contributed by atoms with E-state index < -0.39 is 0 Å². The van der Waals surface area contributed by atoms with Gasteiger partial charge in [-0.1, -0.05) is 156 Å². The summed E-state index contributed by atoms with van der Waals surface area (Å²) >= 11 is 7.83. The summed E-state index contributed by atoms with van der Waals surface area (Å²) in [6.45, 7) is 9.25. The third-order valence-electron chi connectivity index (χ3n) is 11.3. The van der Waals surface area contributed by atoms with E-state index in [0.29, 0.717) is 0 Å². The van der Waals surface area contributed by atoms with Crippen LogP contribution in [0, 0.1) is 0 Å². The molecule has 1 aromatic carbocycles. The van der Waals surface area contributed by atoms with Gasteiger partial charge < -0.3 is 0 Å². The number of unbranched alkanes of at least 4 members (excludes halogenated alkanes) is 20. The fraction of sp³-hybridized carbons (Fsp3) is 0.667. The van der Waals surface area contributed by atoms with Crippen LogP contribution in [0.25, 0.3) is 39.9 Å². The summed E-state index contributed by atoms with van der Waals surface area (Å²) in [5.41, 5.74) is 5.81. The number of thiazole rings is 2. The minimum atomic E-state index is 1.12. The maximum atomic E-state index is 5.25. The van der Waals surface area contributed by atoms with Crippen LogP contribution in [0.2, 0.25) is 0 Å². The third kappa shape index (κ3) is 13.2. The Bertz CT molecular complexity index is 1570. The Morgan fingerprint density at radius 1 is 0.389 bits per heavy atom. The maximum absolute atomic E-state index is 5.25. The van der Waals surface area contributed by atoms with Crippen molar-refractivity contribution >= 4 is 65.5 Å². The molecule has 0 amide bonds. The summed E-state index contributed by atoms with van der Waals surface area (Å²) in [4.78, 5) is 13.3. The number of thiophene rings is 2. The van der Waals surface area contributed by atoms with E-state index in [2.05, 4.69) is 50.6 Å². The number of rotatable bonds is 30. The van der Waals surface area contributed by atoms with E-state index in [1.54, 1.807) is 20.5 Å². The van der Waals surface area contributed by atoms with E-state index in [0.717, 1.165) is 12.8 Å². The minimum Gasteiger partial charge on any atom is -0.240 e. The third-order valence-corrected chi connectivity index (χ3v) is 15.8. The van der Waals surface area contributed by atoms with Crippen molar-refractivity contribution in [1.82, 2.24) is 9.97 Å². The van der Waals surface area contributed by atoms with Crippen LogP contribution in [-0.4, -0.2) is 9.97 Å². The molecule has 0 aliphatic carbocycles. The molecule has 2 nitrogen and oxygen atoms in total. The summed E-state index contributed by atoms with van der Waals surface area (Å²) in [6, 6.07) is 5.12. The summed E-state index contributed by atoms with van der Waals surface area (Å²) in [6.07, 6.45) is 36.7. The SMILES string of the molecule is CCCCCCCCc1csc(-c2cc3c(CCCCCCCC)c4sc(-c5nc(CCCCCCCC)cs5)cc4c(CCCCCCCC)c3s2)n1. The van der Waals surface area contributed by atoms with Crippen molar-refractivity contribution in [2.75, 3.05) is 0 Å². The lowest BCUT2D eigenvalue weighted by Crippen LogP contribution is -1.93. The van der Waals surface area contributed by atoms with E-state index in [4.69, 9.17) is 9.97 Å². The first-order chi connectivity index (χ1) is 26.7. The molecule has 0 spiro atoms. The van der Waals surface area contributed by atoms with Crippen molar-refractivity contribution in [1.29, 1.82) is 0 Å². The van der Waals surface area contributed by atoms with E-state index in [9.17, 15) is 0 Å². The minimum absolute atomic E-state index is 1.12. The molecule has 4 aromatic heterocycles. The first-order valence-electron chi connectivity index (χ1n) is 22.6. The Morgan fingerprint density at radius 3 is 1.06 bits per heavy atom. The molecule has 0 saturated heterocycles. The van der Waals surface area contributed by atoms with Gasteiger partial charge in [-0.25, -0.2) is 9.97 Å². The van der Waals surface area contributed by atoms with Gasteiger partial charge in [0.05, 0.1) is 21.1 Å². The first-order valence-corrected chi connectivity index (χ1v) is 26.0. The van der Waals surface area contributed by atoms with E-state index in [1.807, 2.05) is 45.3 Å². The molecule has 0 atom stereocenters. The van der Waals surface area contributed by atoms with Crippen LogP contribution in [0.3, 0.4) is 0 Å². The van der Waals surface area contributed by atoms with Crippen LogP contribution in [0.1, 0.15) is 204 Å². The average molecular weight is 805 g/mol. The smallest absolute Gasteiger partial charge is 0.133 e. The maximum Gasteiger partial charge on any atom is 0.133 e. The largest absolute Gasteiger partial charge is 0.240 e. The second-order valence-corrected chi connectivity index (χ2v) is 19.8. The number of aryl methyl sites for hydroxylation is 4. The molecule has 0 N–H and O–H groups in total. The summed E-state index contributed by atoms with van der Waals surface area (Å²) < 4.78 is 3.10. The predicted molar refractivity (Wildman–Crippen MR) is 248 cm³/mol. The van der Waals surface area contributed by atoms with Crippen molar-refractivity contribution in [3.05, 3.63) is 45.4 Å². The lowest BCUT2D eigenvalue weighted by atomic mass is 9.94. The number of fused-ring (bicyclic) bond motifs is 2. The number of hydrogen-bond donors (Lipinski definition) is 0. The fourth-order valence-corrected chi connectivity index (χ4v) is 12.4. The lowest BCUT2D eigenvalue weighted by molar-refractivity contribution is 0.605. The molecule has 0 bridgehead atoms. The summed E-state index contributed by atoms with van der Waals surface area (Å²) in [7, 11) is 0. The zero-order chi connectivity index (χ0) is 37.8. The predicted octanol–water partition coefficient (Wildman–Crippen LogP) is 18.0. The normalized spacial score (nSPS) is 11.9. The molecule has 0 fully saturated rings. The summed E-state index contributed by atoms with van der Waals surface area (Å²) in [5, 5.41) is 10.2. The molecule has 4 heterocycles. The highest BCUT2D eigenvalue weighted by molar-refractivity contribution is 7.27. The molecule has 6 heteroatoms. The Kier molecular flexibility index (Phi) is 20.1. The Labute approximate surface area is 346 Å². The number of benzene rings is 1. The van der Waals surface area contributed by atoms with Gasteiger partial charge in [0, 0.05) is 20.2 Å². The summed E-state index contributed by atoms with van der Waals surface area (Å²) in [5.74, 6) is 0. The van der Waals surface area contributed by atoms with Gasteiger partial charge in [-0.15, -0.1) is 45.3 Å². The topological polar surface area (TPSA) is 25.8 Å². The lowest BCUT2D eigenvalue weighted by Gasteiger charge is -2.12. The number of aromatic nitrogens is 2. The Hall–Kier alpha value is -1.60. The van der Waals surface area contributed by atoms with Crippen molar-refractivity contribution in [2.24, 2.45) is 0 Å². The highest BCUT2D eigenvalue weighted by Gasteiger charge is 2.22. The van der Waals surface area contributed by atoms with E-state index >= 15 is 0 Å².